The highest BCUT2D eigenvalue weighted by Crippen LogP contribution is 2.30. The molecule has 168 valence electrons. The Morgan fingerprint density at radius 3 is 2.42 bits per heavy atom. The van der Waals surface area contributed by atoms with Gasteiger partial charge in [-0.2, -0.15) is 9.57 Å². The molecule has 4 rings (SSSR count). The number of piperazine rings is 1. The van der Waals surface area contributed by atoms with Gasteiger partial charge in [0, 0.05) is 47.6 Å². The van der Waals surface area contributed by atoms with E-state index in [1.165, 1.54) is 39.9 Å². The minimum Gasteiger partial charge on any atom is -0.337 e. The van der Waals surface area contributed by atoms with Crippen LogP contribution >= 0.6 is 11.3 Å². The summed E-state index contributed by atoms with van der Waals surface area (Å²) < 4.78 is 41.1. The highest BCUT2D eigenvalue weighted by Gasteiger charge is 2.31. The molecule has 0 spiro atoms. The molecule has 0 bridgehead atoms. The lowest BCUT2D eigenvalue weighted by Crippen LogP contribution is -2.50. The highest BCUT2D eigenvalue weighted by atomic mass is 32.2. The number of hydrogen-bond acceptors (Lipinski definition) is 5. The predicted octanol–water partition coefficient (Wildman–Crippen LogP) is 3.97. The van der Waals surface area contributed by atoms with Crippen molar-refractivity contribution in [1.29, 1.82) is 5.26 Å². The zero-order chi connectivity index (χ0) is 23.4. The van der Waals surface area contributed by atoms with Crippen LogP contribution in [0.2, 0.25) is 0 Å². The highest BCUT2D eigenvalue weighted by molar-refractivity contribution is 7.89. The topological polar surface area (TPSA) is 81.5 Å². The van der Waals surface area contributed by atoms with E-state index in [-0.39, 0.29) is 48.4 Å². The number of hydrogen-bond donors (Lipinski definition) is 0. The third-order valence-corrected chi connectivity index (χ3v) is 8.37. The van der Waals surface area contributed by atoms with Crippen LogP contribution in [0.5, 0.6) is 0 Å². The van der Waals surface area contributed by atoms with Gasteiger partial charge >= 0.3 is 0 Å². The van der Waals surface area contributed by atoms with Crippen LogP contribution in [0, 0.1) is 17.1 Å². The number of nitrogens with zero attached hydrogens (tertiary/aromatic N) is 3. The molecule has 0 radical (unpaired) electrons. The van der Waals surface area contributed by atoms with E-state index in [1.54, 1.807) is 41.3 Å². The van der Waals surface area contributed by atoms with Gasteiger partial charge in [0.05, 0.1) is 10.5 Å². The molecule has 6 nitrogen and oxygen atoms in total. The SMILES string of the molecule is N#Cc1ccccc1S(=O)(=O)N1CCN(C(=O)/C=C/c2ccc(-c3ccccc3F)s2)CC1. The van der Waals surface area contributed by atoms with Crippen molar-refractivity contribution >= 4 is 33.3 Å². The Morgan fingerprint density at radius 2 is 1.70 bits per heavy atom. The Bertz CT molecular complexity index is 1350. The minimum absolute atomic E-state index is 0.0180. The van der Waals surface area contributed by atoms with Crippen molar-refractivity contribution in [3.63, 3.8) is 0 Å². The lowest BCUT2D eigenvalue weighted by Gasteiger charge is -2.33. The number of benzene rings is 2. The average Bonchev–Trinajstić information content (AvgIpc) is 3.31. The first-order valence-electron chi connectivity index (χ1n) is 10.2. The van der Waals surface area contributed by atoms with E-state index >= 15 is 0 Å². The molecule has 33 heavy (non-hydrogen) atoms. The van der Waals surface area contributed by atoms with Crippen molar-refractivity contribution in [1.82, 2.24) is 9.21 Å². The third-order valence-electron chi connectivity index (χ3n) is 5.33. The smallest absolute Gasteiger partial charge is 0.246 e. The maximum atomic E-state index is 14.0. The third kappa shape index (κ3) is 4.88. The first-order chi connectivity index (χ1) is 15.9. The maximum Gasteiger partial charge on any atom is 0.246 e. The number of amides is 1. The van der Waals surface area contributed by atoms with E-state index in [0.717, 1.165) is 9.75 Å². The molecular weight excluding hydrogens is 461 g/mol. The van der Waals surface area contributed by atoms with Gasteiger partial charge in [-0.05, 0) is 36.4 Å². The van der Waals surface area contributed by atoms with Gasteiger partial charge in [0.2, 0.25) is 15.9 Å². The van der Waals surface area contributed by atoms with Crippen LogP contribution < -0.4 is 0 Å². The van der Waals surface area contributed by atoms with Gasteiger partial charge in [-0.25, -0.2) is 12.8 Å². The Morgan fingerprint density at radius 1 is 1.00 bits per heavy atom. The van der Waals surface area contributed by atoms with Crippen LogP contribution in [-0.4, -0.2) is 49.7 Å². The van der Waals surface area contributed by atoms with Crippen molar-refractivity contribution in [2.24, 2.45) is 0 Å². The van der Waals surface area contributed by atoms with Crippen LogP contribution in [0.15, 0.2) is 71.6 Å². The standard InChI is InChI=1S/C24H20FN3O3S2/c25-21-7-3-2-6-20(21)22-11-9-19(32-22)10-12-24(29)27-13-15-28(16-14-27)33(30,31)23-8-4-1-5-18(23)17-26/h1-12H,13-16H2/b12-10+. The molecule has 9 heteroatoms. The second kappa shape index (κ2) is 9.67. The summed E-state index contributed by atoms with van der Waals surface area (Å²) in [7, 11) is -3.81. The van der Waals surface area contributed by atoms with Gasteiger partial charge in [0.25, 0.3) is 0 Å². The second-order valence-electron chi connectivity index (χ2n) is 7.35. The molecular formula is C24H20FN3O3S2. The molecule has 0 atom stereocenters. The molecule has 0 aliphatic carbocycles. The van der Waals surface area contributed by atoms with Gasteiger partial charge in [-0.3, -0.25) is 4.79 Å². The molecule has 1 fully saturated rings. The zero-order valence-corrected chi connectivity index (χ0v) is 19.2. The summed E-state index contributed by atoms with van der Waals surface area (Å²) in [5, 5.41) is 9.22. The molecule has 0 saturated carbocycles. The molecule has 1 aliphatic rings. The predicted molar refractivity (Wildman–Crippen MR) is 125 cm³/mol. The summed E-state index contributed by atoms with van der Waals surface area (Å²) in [6.07, 6.45) is 3.13. The van der Waals surface area contributed by atoms with E-state index in [9.17, 15) is 22.9 Å². The van der Waals surface area contributed by atoms with Crippen molar-refractivity contribution in [3.8, 4) is 16.5 Å². The number of sulfonamides is 1. The van der Waals surface area contributed by atoms with Gasteiger partial charge in [-0.1, -0.05) is 30.3 Å². The summed E-state index contributed by atoms with van der Waals surface area (Å²) >= 11 is 1.38. The number of carbonyl (C=O) groups excluding carboxylic acids is 1. The lowest BCUT2D eigenvalue weighted by molar-refractivity contribution is -0.127. The van der Waals surface area contributed by atoms with E-state index in [0.29, 0.717) is 5.56 Å². The zero-order valence-electron chi connectivity index (χ0n) is 17.5. The fraction of sp³-hybridized carbons (Fsp3) is 0.167. The summed E-state index contributed by atoms with van der Waals surface area (Å²) in [5.41, 5.74) is 0.619. The van der Waals surface area contributed by atoms with Crippen LogP contribution in [0.4, 0.5) is 4.39 Å². The Balaban J connectivity index is 1.39. The second-order valence-corrected chi connectivity index (χ2v) is 10.4. The lowest BCUT2D eigenvalue weighted by atomic mass is 10.2. The summed E-state index contributed by atoms with van der Waals surface area (Å²) in [5.74, 6) is -0.513. The Labute approximate surface area is 195 Å². The van der Waals surface area contributed by atoms with Gasteiger partial charge in [0.1, 0.15) is 11.9 Å². The van der Waals surface area contributed by atoms with Crippen molar-refractivity contribution in [2.45, 2.75) is 4.90 Å². The van der Waals surface area contributed by atoms with Gasteiger partial charge in [-0.15, -0.1) is 11.3 Å². The molecule has 1 aliphatic heterocycles. The fourth-order valence-electron chi connectivity index (χ4n) is 3.58. The number of halogens is 1. The number of thiophene rings is 1. The molecule has 1 amide bonds. The van der Waals surface area contributed by atoms with Crippen LogP contribution in [0.1, 0.15) is 10.4 Å². The molecule has 1 aromatic heterocycles. The average molecular weight is 482 g/mol. The first kappa shape index (κ1) is 22.9. The van der Waals surface area contributed by atoms with Crippen LogP contribution in [-0.2, 0) is 14.8 Å². The van der Waals surface area contributed by atoms with E-state index < -0.39 is 10.0 Å². The summed E-state index contributed by atoms with van der Waals surface area (Å²) in [6.45, 7) is 0.806. The largest absolute Gasteiger partial charge is 0.337 e. The Hall–Kier alpha value is -3.32. The van der Waals surface area contributed by atoms with Gasteiger partial charge in [0.15, 0.2) is 0 Å². The maximum absolute atomic E-state index is 14.0. The summed E-state index contributed by atoms with van der Waals surface area (Å²) in [6, 6.07) is 18.2. The van der Waals surface area contributed by atoms with Crippen molar-refractivity contribution in [3.05, 3.63) is 83.0 Å². The fourth-order valence-corrected chi connectivity index (χ4v) is 6.08. The quantitative estimate of drug-likeness (QED) is 0.517. The van der Waals surface area contributed by atoms with E-state index in [2.05, 4.69) is 0 Å². The van der Waals surface area contributed by atoms with E-state index in [1.807, 2.05) is 18.2 Å². The Kier molecular flexibility index (Phi) is 6.70. The minimum atomic E-state index is -3.81. The molecule has 3 aromatic rings. The van der Waals surface area contributed by atoms with Gasteiger partial charge < -0.3 is 4.90 Å². The number of carbonyl (C=O) groups is 1. The normalized spacial score (nSPS) is 15.0. The molecule has 1 saturated heterocycles. The van der Waals surface area contributed by atoms with Crippen LogP contribution in [0.25, 0.3) is 16.5 Å². The van der Waals surface area contributed by atoms with Crippen LogP contribution in [0.3, 0.4) is 0 Å². The van der Waals surface area contributed by atoms with E-state index in [4.69, 9.17) is 0 Å². The first-order valence-corrected chi connectivity index (χ1v) is 12.5. The summed E-state index contributed by atoms with van der Waals surface area (Å²) in [4.78, 5) is 15.8. The van der Waals surface area contributed by atoms with Crippen molar-refractivity contribution < 1.29 is 17.6 Å². The molecule has 0 N–H and O–H groups in total. The number of rotatable bonds is 5. The monoisotopic (exact) mass is 481 g/mol. The number of nitriles is 1. The van der Waals surface area contributed by atoms with Crippen molar-refractivity contribution in [2.75, 3.05) is 26.2 Å². The molecule has 2 aromatic carbocycles. The molecule has 2 heterocycles. The molecule has 0 unspecified atom stereocenters.